The highest BCUT2D eigenvalue weighted by Crippen LogP contribution is 2.32. The summed E-state index contributed by atoms with van der Waals surface area (Å²) in [4.78, 5) is 0. The molecule has 0 bridgehead atoms. The van der Waals surface area contributed by atoms with Crippen LogP contribution in [0.5, 0.6) is 11.5 Å². The molecule has 0 heterocycles. The summed E-state index contributed by atoms with van der Waals surface area (Å²) in [6, 6.07) is 19.8. The minimum absolute atomic E-state index is 0.256. The van der Waals surface area contributed by atoms with E-state index in [0.29, 0.717) is 5.69 Å². The summed E-state index contributed by atoms with van der Waals surface area (Å²) < 4.78 is 48.8. The third-order valence-corrected chi connectivity index (χ3v) is 4.42. The van der Waals surface area contributed by atoms with Crippen LogP contribution in [0.2, 0.25) is 0 Å². The number of hydrogen-bond acceptors (Lipinski definition) is 3. The summed E-state index contributed by atoms with van der Waals surface area (Å²) in [5, 5.41) is 3.32. The van der Waals surface area contributed by atoms with Crippen molar-refractivity contribution in [2.24, 2.45) is 0 Å². The maximum absolute atomic E-state index is 12.8. The van der Waals surface area contributed by atoms with E-state index in [1.165, 1.54) is 12.1 Å². The lowest BCUT2D eigenvalue weighted by Gasteiger charge is -2.22. The van der Waals surface area contributed by atoms with E-state index in [1.54, 1.807) is 14.2 Å². The number of anilines is 1. The van der Waals surface area contributed by atoms with Crippen LogP contribution in [0, 0.1) is 0 Å². The molecule has 0 radical (unpaired) electrons. The van der Waals surface area contributed by atoms with Crippen LogP contribution in [0.3, 0.4) is 0 Å². The molecule has 0 aliphatic rings. The van der Waals surface area contributed by atoms with Crippen molar-refractivity contribution in [3.8, 4) is 11.5 Å². The monoisotopic (exact) mass is 387 g/mol. The van der Waals surface area contributed by atoms with Crippen LogP contribution in [-0.2, 0) is 6.18 Å². The van der Waals surface area contributed by atoms with Gasteiger partial charge >= 0.3 is 6.18 Å². The molecule has 3 aromatic carbocycles. The molecule has 0 aliphatic carbocycles. The van der Waals surface area contributed by atoms with E-state index in [1.807, 2.05) is 48.5 Å². The Morgan fingerprint density at radius 3 is 1.46 bits per heavy atom. The van der Waals surface area contributed by atoms with Gasteiger partial charge in [-0.15, -0.1) is 0 Å². The molecule has 0 atom stereocenters. The molecular formula is C22H20F3NO2. The number of halogens is 3. The lowest BCUT2D eigenvalue weighted by Crippen LogP contribution is -2.13. The summed E-state index contributed by atoms with van der Waals surface area (Å²) >= 11 is 0. The fraction of sp³-hybridized carbons (Fsp3) is 0.182. The van der Waals surface area contributed by atoms with E-state index in [-0.39, 0.29) is 6.04 Å². The first-order chi connectivity index (χ1) is 13.4. The predicted octanol–water partition coefficient (Wildman–Crippen LogP) is 5.92. The molecule has 28 heavy (non-hydrogen) atoms. The molecule has 0 fully saturated rings. The highest BCUT2D eigenvalue weighted by Gasteiger charge is 2.30. The van der Waals surface area contributed by atoms with Crippen molar-refractivity contribution < 1.29 is 22.6 Å². The normalized spacial score (nSPS) is 11.4. The van der Waals surface area contributed by atoms with E-state index >= 15 is 0 Å². The van der Waals surface area contributed by atoms with Gasteiger partial charge in [0.1, 0.15) is 11.5 Å². The van der Waals surface area contributed by atoms with Gasteiger partial charge in [0.25, 0.3) is 0 Å². The summed E-state index contributed by atoms with van der Waals surface area (Å²) in [5.41, 5.74) is 1.81. The summed E-state index contributed by atoms with van der Waals surface area (Å²) in [6.45, 7) is 0. The Kier molecular flexibility index (Phi) is 5.78. The highest BCUT2D eigenvalue weighted by molar-refractivity contribution is 5.51. The molecule has 0 unspecified atom stereocenters. The molecular weight excluding hydrogens is 367 g/mol. The van der Waals surface area contributed by atoms with Gasteiger partial charge in [0.15, 0.2) is 0 Å². The van der Waals surface area contributed by atoms with Gasteiger partial charge in [0, 0.05) is 5.69 Å². The number of alkyl halides is 3. The first-order valence-corrected chi connectivity index (χ1v) is 8.62. The van der Waals surface area contributed by atoms with Crippen LogP contribution in [0.15, 0.2) is 72.8 Å². The van der Waals surface area contributed by atoms with Crippen molar-refractivity contribution in [1.82, 2.24) is 0 Å². The van der Waals surface area contributed by atoms with Gasteiger partial charge < -0.3 is 14.8 Å². The number of rotatable bonds is 6. The molecule has 0 aromatic heterocycles. The number of ether oxygens (including phenoxy) is 2. The molecule has 3 rings (SSSR count). The van der Waals surface area contributed by atoms with E-state index < -0.39 is 11.7 Å². The van der Waals surface area contributed by atoms with Crippen LogP contribution in [0.25, 0.3) is 0 Å². The van der Waals surface area contributed by atoms with Gasteiger partial charge in [-0.1, -0.05) is 24.3 Å². The Labute approximate surface area is 161 Å². The zero-order valence-electron chi connectivity index (χ0n) is 15.5. The summed E-state index contributed by atoms with van der Waals surface area (Å²) in [7, 11) is 3.19. The third-order valence-electron chi connectivity index (χ3n) is 4.42. The minimum atomic E-state index is -4.36. The second-order valence-electron chi connectivity index (χ2n) is 6.20. The standard InChI is InChI=1S/C22H20F3NO2/c1-27-19-11-3-15(4-12-19)21(16-5-13-20(28-2)14-6-16)26-18-9-7-17(8-10-18)22(23,24)25/h3-14,21,26H,1-2H3. The molecule has 0 saturated carbocycles. The first kappa shape index (κ1) is 19.6. The Balaban J connectivity index is 1.92. The zero-order valence-corrected chi connectivity index (χ0v) is 15.5. The van der Waals surface area contributed by atoms with Crippen molar-refractivity contribution in [2.45, 2.75) is 12.2 Å². The fourth-order valence-corrected chi connectivity index (χ4v) is 2.87. The SMILES string of the molecule is COc1ccc(C(Nc2ccc(C(F)(F)F)cc2)c2ccc(OC)cc2)cc1. The van der Waals surface area contributed by atoms with Crippen LogP contribution in [0.1, 0.15) is 22.7 Å². The number of benzene rings is 3. The predicted molar refractivity (Wildman–Crippen MR) is 103 cm³/mol. The smallest absolute Gasteiger partial charge is 0.416 e. The third kappa shape index (κ3) is 4.57. The van der Waals surface area contributed by atoms with Gasteiger partial charge in [-0.2, -0.15) is 13.2 Å². The van der Waals surface area contributed by atoms with E-state index in [0.717, 1.165) is 34.8 Å². The van der Waals surface area contributed by atoms with Crippen LogP contribution in [0.4, 0.5) is 18.9 Å². The minimum Gasteiger partial charge on any atom is -0.497 e. The molecule has 3 aromatic rings. The van der Waals surface area contributed by atoms with Crippen molar-refractivity contribution in [1.29, 1.82) is 0 Å². The average Bonchev–Trinajstić information content (AvgIpc) is 2.72. The number of nitrogens with one attached hydrogen (secondary N) is 1. The molecule has 0 spiro atoms. The van der Waals surface area contributed by atoms with E-state index in [4.69, 9.17) is 9.47 Å². The Morgan fingerprint density at radius 1 is 0.679 bits per heavy atom. The topological polar surface area (TPSA) is 30.5 Å². The van der Waals surface area contributed by atoms with Crippen LogP contribution < -0.4 is 14.8 Å². The quantitative estimate of drug-likeness (QED) is 0.569. The molecule has 146 valence electrons. The summed E-state index contributed by atoms with van der Waals surface area (Å²) in [5.74, 6) is 1.46. The largest absolute Gasteiger partial charge is 0.497 e. The lowest BCUT2D eigenvalue weighted by atomic mass is 9.98. The summed E-state index contributed by atoms with van der Waals surface area (Å²) in [6.07, 6.45) is -4.36. The Bertz CT molecular complexity index is 842. The van der Waals surface area contributed by atoms with Gasteiger partial charge in [-0.25, -0.2) is 0 Å². The average molecular weight is 387 g/mol. The van der Waals surface area contributed by atoms with E-state index in [2.05, 4.69) is 5.32 Å². The molecule has 0 amide bonds. The number of methoxy groups -OCH3 is 2. The zero-order chi connectivity index (χ0) is 20.1. The van der Waals surface area contributed by atoms with Crippen molar-refractivity contribution in [3.63, 3.8) is 0 Å². The number of hydrogen-bond donors (Lipinski definition) is 1. The Morgan fingerprint density at radius 2 is 1.11 bits per heavy atom. The lowest BCUT2D eigenvalue weighted by molar-refractivity contribution is -0.137. The molecule has 3 nitrogen and oxygen atoms in total. The first-order valence-electron chi connectivity index (χ1n) is 8.62. The maximum Gasteiger partial charge on any atom is 0.416 e. The second-order valence-corrected chi connectivity index (χ2v) is 6.20. The van der Waals surface area contributed by atoms with E-state index in [9.17, 15) is 13.2 Å². The van der Waals surface area contributed by atoms with Gasteiger partial charge in [-0.3, -0.25) is 0 Å². The second kappa shape index (κ2) is 8.25. The molecule has 0 aliphatic heterocycles. The van der Waals surface area contributed by atoms with Crippen molar-refractivity contribution in [3.05, 3.63) is 89.5 Å². The van der Waals surface area contributed by atoms with Gasteiger partial charge in [0.05, 0.1) is 25.8 Å². The fourth-order valence-electron chi connectivity index (χ4n) is 2.87. The van der Waals surface area contributed by atoms with Crippen LogP contribution in [-0.4, -0.2) is 14.2 Å². The van der Waals surface area contributed by atoms with Gasteiger partial charge in [-0.05, 0) is 59.7 Å². The Hall–Kier alpha value is -3.15. The van der Waals surface area contributed by atoms with Crippen LogP contribution >= 0.6 is 0 Å². The molecule has 0 saturated heterocycles. The van der Waals surface area contributed by atoms with Gasteiger partial charge in [0.2, 0.25) is 0 Å². The van der Waals surface area contributed by atoms with Crippen molar-refractivity contribution >= 4 is 5.69 Å². The molecule has 1 N–H and O–H groups in total. The molecule has 6 heteroatoms. The maximum atomic E-state index is 12.8. The van der Waals surface area contributed by atoms with Crippen molar-refractivity contribution in [2.75, 3.05) is 19.5 Å². The highest BCUT2D eigenvalue weighted by atomic mass is 19.4.